The van der Waals surface area contributed by atoms with E-state index in [0.717, 1.165) is 13.1 Å². The van der Waals surface area contributed by atoms with Crippen molar-refractivity contribution < 1.29 is 0 Å². The minimum Gasteiger partial charge on any atom is -0.347 e. The summed E-state index contributed by atoms with van der Waals surface area (Å²) in [5.41, 5.74) is 2.40. The second kappa shape index (κ2) is 4.71. The Hall–Kier alpha value is -1.62. The van der Waals surface area contributed by atoms with Crippen LogP contribution in [0.4, 0.5) is 0 Å². The summed E-state index contributed by atoms with van der Waals surface area (Å²) in [6, 6.07) is 2.55. The van der Waals surface area contributed by atoms with E-state index in [1.54, 1.807) is 6.33 Å². The average Bonchev–Trinajstić information content (AvgIpc) is 3.01. The van der Waals surface area contributed by atoms with Crippen molar-refractivity contribution in [3.63, 3.8) is 0 Å². The van der Waals surface area contributed by atoms with Crippen LogP contribution in [0.1, 0.15) is 36.7 Å². The van der Waals surface area contributed by atoms with Crippen LogP contribution in [0.15, 0.2) is 24.8 Å². The second-order valence-electron chi connectivity index (χ2n) is 4.57. The van der Waals surface area contributed by atoms with Crippen molar-refractivity contribution in [1.82, 2.24) is 25.1 Å². The van der Waals surface area contributed by atoms with Crippen molar-refractivity contribution in [2.45, 2.75) is 31.8 Å². The summed E-state index contributed by atoms with van der Waals surface area (Å²) in [6.45, 7) is 2.08. The lowest BCUT2D eigenvalue weighted by Gasteiger charge is -2.34. The molecular formula is C12H17N5. The van der Waals surface area contributed by atoms with E-state index >= 15 is 0 Å². The van der Waals surface area contributed by atoms with Gasteiger partial charge < -0.3 is 4.98 Å². The van der Waals surface area contributed by atoms with E-state index in [1.807, 2.05) is 12.4 Å². The number of aromatic amines is 2. The highest BCUT2D eigenvalue weighted by molar-refractivity contribution is 5.07. The highest BCUT2D eigenvalue weighted by atomic mass is 15.2. The third-order valence-electron chi connectivity index (χ3n) is 3.42. The number of nitrogens with one attached hydrogen (secondary N) is 2. The van der Waals surface area contributed by atoms with Crippen LogP contribution in [0.5, 0.6) is 0 Å². The summed E-state index contributed by atoms with van der Waals surface area (Å²) in [4.78, 5) is 9.74. The Balaban J connectivity index is 1.76. The largest absolute Gasteiger partial charge is 0.347 e. The maximum atomic E-state index is 4.07. The molecule has 0 amide bonds. The first-order valence-corrected chi connectivity index (χ1v) is 6.14. The lowest BCUT2D eigenvalue weighted by Crippen LogP contribution is -2.33. The first-order chi connectivity index (χ1) is 8.43. The summed E-state index contributed by atoms with van der Waals surface area (Å²) >= 11 is 0. The fourth-order valence-electron chi connectivity index (χ4n) is 2.57. The maximum absolute atomic E-state index is 4.07. The van der Waals surface area contributed by atoms with Crippen molar-refractivity contribution in [1.29, 1.82) is 0 Å². The predicted octanol–water partition coefficient (Wildman–Crippen LogP) is 1.86. The molecule has 1 aliphatic heterocycles. The van der Waals surface area contributed by atoms with E-state index < -0.39 is 0 Å². The van der Waals surface area contributed by atoms with Crippen LogP contribution in [0.25, 0.3) is 0 Å². The summed E-state index contributed by atoms with van der Waals surface area (Å²) in [5.74, 6) is 0. The van der Waals surface area contributed by atoms with Gasteiger partial charge in [0.15, 0.2) is 0 Å². The fraction of sp³-hybridized carbons (Fsp3) is 0.500. The molecule has 2 N–H and O–H groups in total. The van der Waals surface area contributed by atoms with Gasteiger partial charge in [0.1, 0.15) is 0 Å². The molecule has 2 aromatic heterocycles. The van der Waals surface area contributed by atoms with E-state index in [2.05, 4.69) is 31.1 Å². The first kappa shape index (κ1) is 10.5. The fourth-order valence-corrected chi connectivity index (χ4v) is 2.57. The third-order valence-corrected chi connectivity index (χ3v) is 3.42. The van der Waals surface area contributed by atoms with Gasteiger partial charge in [0, 0.05) is 24.6 Å². The molecule has 5 heteroatoms. The molecule has 90 valence electrons. The summed E-state index contributed by atoms with van der Waals surface area (Å²) in [5, 5.41) is 7.16. The summed E-state index contributed by atoms with van der Waals surface area (Å²) in [7, 11) is 0. The predicted molar refractivity (Wildman–Crippen MR) is 64.2 cm³/mol. The molecule has 1 aliphatic rings. The molecule has 5 nitrogen and oxygen atoms in total. The normalized spacial score (nSPS) is 21.8. The molecule has 0 aromatic carbocycles. The van der Waals surface area contributed by atoms with Gasteiger partial charge in [-0.1, -0.05) is 6.42 Å². The number of hydrogen-bond acceptors (Lipinski definition) is 3. The molecule has 0 bridgehead atoms. The number of imidazole rings is 1. The molecule has 0 aliphatic carbocycles. The van der Waals surface area contributed by atoms with Crippen LogP contribution >= 0.6 is 0 Å². The smallest absolute Gasteiger partial charge is 0.0922 e. The number of H-pyrrole nitrogens is 2. The van der Waals surface area contributed by atoms with E-state index in [0.29, 0.717) is 6.04 Å². The highest BCUT2D eigenvalue weighted by Gasteiger charge is 2.25. The van der Waals surface area contributed by atoms with Crippen molar-refractivity contribution in [3.8, 4) is 0 Å². The van der Waals surface area contributed by atoms with Crippen molar-refractivity contribution in [3.05, 3.63) is 36.2 Å². The minimum absolute atomic E-state index is 0.467. The van der Waals surface area contributed by atoms with Gasteiger partial charge >= 0.3 is 0 Å². The molecule has 2 aromatic rings. The lowest BCUT2D eigenvalue weighted by atomic mass is 9.99. The van der Waals surface area contributed by atoms with Gasteiger partial charge in [-0.3, -0.25) is 10.00 Å². The second-order valence-corrected chi connectivity index (χ2v) is 4.57. The molecule has 1 saturated heterocycles. The van der Waals surface area contributed by atoms with Gasteiger partial charge in [-0.2, -0.15) is 5.10 Å². The van der Waals surface area contributed by atoms with Gasteiger partial charge in [-0.25, -0.2) is 4.98 Å². The van der Waals surface area contributed by atoms with Crippen LogP contribution in [-0.2, 0) is 6.54 Å². The SMILES string of the molecule is c1cc([C@@H]2CCCCN2Cc2cnc[nH]2)[nH]n1. The minimum atomic E-state index is 0.467. The number of likely N-dealkylation sites (tertiary alicyclic amines) is 1. The standard InChI is InChI=1S/C12H17N5/c1-2-6-17(8-10-7-13-9-14-10)12(3-1)11-4-5-15-16-11/h4-5,7,9,12H,1-3,6,8H2,(H,13,14)(H,15,16)/t12-/m0/s1. The number of aromatic nitrogens is 4. The maximum Gasteiger partial charge on any atom is 0.0922 e. The summed E-state index contributed by atoms with van der Waals surface area (Å²) < 4.78 is 0. The Morgan fingerprint density at radius 2 is 2.41 bits per heavy atom. The highest BCUT2D eigenvalue weighted by Crippen LogP contribution is 2.30. The van der Waals surface area contributed by atoms with E-state index in [-0.39, 0.29) is 0 Å². The Kier molecular flexibility index (Phi) is 2.92. The van der Waals surface area contributed by atoms with Gasteiger partial charge in [0.2, 0.25) is 0 Å². The zero-order valence-corrected chi connectivity index (χ0v) is 9.76. The van der Waals surface area contributed by atoms with Gasteiger partial charge in [-0.05, 0) is 25.5 Å². The molecule has 1 fully saturated rings. The monoisotopic (exact) mass is 231 g/mol. The van der Waals surface area contributed by atoms with E-state index in [1.165, 1.54) is 30.7 Å². The summed E-state index contributed by atoms with van der Waals surface area (Å²) in [6.07, 6.45) is 9.25. The molecule has 0 spiro atoms. The van der Waals surface area contributed by atoms with Crippen LogP contribution in [0.2, 0.25) is 0 Å². The van der Waals surface area contributed by atoms with Crippen LogP contribution < -0.4 is 0 Å². The Morgan fingerprint density at radius 3 is 3.18 bits per heavy atom. The Labute approximate surface area is 100 Å². The van der Waals surface area contributed by atoms with Crippen LogP contribution in [0, 0.1) is 0 Å². The van der Waals surface area contributed by atoms with Gasteiger partial charge in [0.25, 0.3) is 0 Å². The molecule has 3 rings (SSSR count). The Bertz CT molecular complexity index is 433. The number of nitrogens with zero attached hydrogens (tertiary/aromatic N) is 3. The van der Waals surface area contributed by atoms with Crippen molar-refractivity contribution in [2.24, 2.45) is 0 Å². The zero-order chi connectivity index (χ0) is 11.5. The molecule has 0 unspecified atom stereocenters. The van der Waals surface area contributed by atoms with Gasteiger partial charge in [-0.15, -0.1) is 0 Å². The Morgan fingerprint density at radius 1 is 1.41 bits per heavy atom. The number of hydrogen-bond donors (Lipinski definition) is 2. The number of piperidine rings is 1. The first-order valence-electron chi connectivity index (χ1n) is 6.14. The van der Waals surface area contributed by atoms with Crippen LogP contribution in [0.3, 0.4) is 0 Å². The van der Waals surface area contributed by atoms with E-state index in [4.69, 9.17) is 0 Å². The number of rotatable bonds is 3. The molecular weight excluding hydrogens is 214 g/mol. The topological polar surface area (TPSA) is 60.6 Å². The molecule has 17 heavy (non-hydrogen) atoms. The molecule has 1 atom stereocenters. The van der Waals surface area contributed by atoms with Crippen molar-refractivity contribution in [2.75, 3.05) is 6.54 Å². The van der Waals surface area contributed by atoms with Crippen molar-refractivity contribution >= 4 is 0 Å². The lowest BCUT2D eigenvalue weighted by molar-refractivity contribution is 0.135. The van der Waals surface area contributed by atoms with Gasteiger partial charge in [0.05, 0.1) is 18.1 Å². The zero-order valence-electron chi connectivity index (χ0n) is 9.76. The quantitative estimate of drug-likeness (QED) is 0.847. The average molecular weight is 231 g/mol. The molecule has 0 saturated carbocycles. The van der Waals surface area contributed by atoms with E-state index in [9.17, 15) is 0 Å². The third kappa shape index (κ3) is 2.24. The van der Waals surface area contributed by atoms with Crippen LogP contribution in [-0.4, -0.2) is 31.6 Å². The molecule has 3 heterocycles. The molecule has 0 radical (unpaired) electrons.